The molecule has 6 nitrogen and oxygen atoms in total. The van der Waals surface area contributed by atoms with E-state index in [4.69, 9.17) is 4.74 Å². The van der Waals surface area contributed by atoms with Crippen LogP contribution in [0.4, 0.5) is 0 Å². The first-order valence-electron chi connectivity index (χ1n) is 6.74. The van der Waals surface area contributed by atoms with Crippen molar-refractivity contribution in [3.63, 3.8) is 0 Å². The monoisotopic (exact) mass is 294 g/mol. The molecule has 0 fully saturated rings. The number of hydrogen-bond acceptors (Lipinski definition) is 4. The van der Waals surface area contributed by atoms with Gasteiger partial charge in [-0.15, -0.1) is 0 Å². The van der Waals surface area contributed by atoms with Gasteiger partial charge in [0.2, 0.25) is 5.88 Å². The SMILES string of the molecule is COc1ncccc1C(=O)NCC(CC(C)(C)C)C(=O)O. The van der Waals surface area contributed by atoms with Gasteiger partial charge in [0.25, 0.3) is 5.91 Å². The summed E-state index contributed by atoms with van der Waals surface area (Å²) in [4.78, 5) is 27.3. The second-order valence-electron chi connectivity index (χ2n) is 6.07. The molecule has 0 saturated heterocycles. The molecule has 0 aliphatic rings. The van der Waals surface area contributed by atoms with Crippen LogP contribution < -0.4 is 10.1 Å². The lowest BCUT2D eigenvalue weighted by atomic mass is 9.84. The number of pyridine rings is 1. The van der Waals surface area contributed by atoms with Gasteiger partial charge in [-0.25, -0.2) is 4.98 Å². The van der Waals surface area contributed by atoms with E-state index in [1.807, 2.05) is 20.8 Å². The molecular formula is C15H22N2O4. The summed E-state index contributed by atoms with van der Waals surface area (Å²) >= 11 is 0. The largest absolute Gasteiger partial charge is 0.481 e. The van der Waals surface area contributed by atoms with Crippen molar-refractivity contribution >= 4 is 11.9 Å². The molecule has 0 aromatic carbocycles. The first kappa shape index (κ1) is 16.9. The smallest absolute Gasteiger partial charge is 0.308 e. The van der Waals surface area contributed by atoms with E-state index in [0.29, 0.717) is 12.0 Å². The fraction of sp³-hybridized carbons (Fsp3) is 0.533. The van der Waals surface area contributed by atoms with Crippen LogP contribution >= 0.6 is 0 Å². The lowest BCUT2D eigenvalue weighted by molar-refractivity contribution is -0.142. The molecule has 1 rings (SSSR count). The minimum atomic E-state index is -0.914. The van der Waals surface area contributed by atoms with Gasteiger partial charge in [0, 0.05) is 12.7 Å². The molecule has 0 aliphatic heterocycles. The molecule has 0 aliphatic carbocycles. The van der Waals surface area contributed by atoms with E-state index < -0.39 is 11.9 Å². The minimum Gasteiger partial charge on any atom is -0.481 e. The van der Waals surface area contributed by atoms with E-state index in [-0.39, 0.29) is 23.7 Å². The average molecular weight is 294 g/mol. The minimum absolute atomic E-state index is 0.0729. The van der Waals surface area contributed by atoms with Gasteiger partial charge >= 0.3 is 5.97 Å². The van der Waals surface area contributed by atoms with Gasteiger partial charge in [-0.2, -0.15) is 0 Å². The van der Waals surface area contributed by atoms with Crippen LogP contribution in [0.3, 0.4) is 0 Å². The zero-order valence-electron chi connectivity index (χ0n) is 12.8. The normalized spacial score (nSPS) is 12.6. The van der Waals surface area contributed by atoms with Gasteiger partial charge in [-0.3, -0.25) is 9.59 Å². The molecule has 0 bridgehead atoms. The number of carboxylic acids is 1. The zero-order chi connectivity index (χ0) is 16.0. The molecule has 0 saturated carbocycles. The maximum Gasteiger partial charge on any atom is 0.308 e. The maximum atomic E-state index is 12.1. The number of rotatable bonds is 6. The Kier molecular flexibility index (Phi) is 5.69. The van der Waals surface area contributed by atoms with Crippen LogP contribution in [0, 0.1) is 11.3 Å². The summed E-state index contributed by atoms with van der Waals surface area (Å²) in [6, 6.07) is 3.21. The van der Waals surface area contributed by atoms with Crippen LogP contribution in [0.2, 0.25) is 0 Å². The lowest BCUT2D eigenvalue weighted by Gasteiger charge is -2.23. The molecule has 2 N–H and O–H groups in total. The lowest BCUT2D eigenvalue weighted by Crippen LogP contribution is -2.35. The summed E-state index contributed by atoms with van der Waals surface area (Å²) < 4.78 is 5.01. The topological polar surface area (TPSA) is 88.5 Å². The third-order valence-electron chi connectivity index (χ3n) is 2.93. The van der Waals surface area contributed by atoms with Crippen molar-refractivity contribution in [1.82, 2.24) is 10.3 Å². The van der Waals surface area contributed by atoms with E-state index in [9.17, 15) is 14.7 Å². The number of carboxylic acid groups (broad SMARTS) is 1. The van der Waals surface area contributed by atoms with Gasteiger partial charge < -0.3 is 15.2 Å². The van der Waals surface area contributed by atoms with Crippen LogP contribution in [-0.4, -0.2) is 35.6 Å². The molecular weight excluding hydrogens is 272 g/mol. The number of amides is 1. The number of hydrogen-bond donors (Lipinski definition) is 2. The highest BCUT2D eigenvalue weighted by Crippen LogP contribution is 2.24. The Morgan fingerprint density at radius 1 is 1.43 bits per heavy atom. The average Bonchev–Trinajstić information content (AvgIpc) is 2.41. The van der Waals surface area contributed by atoms with Crippen LogP contribution in [0.1, 0.15) is 37.6 Å². The second-order valence-corrected chi connectivity index (χ2v) is 6.07. The Morgan fingerprint density at radius 3 is 2.62 bits per heavy atom. The summed E-state index contributed by atoms with van der Waals surface area (Å²) in [6.07, 6.45) is 2.00. The molecule has 1 unspecified atom stereocenters. The molecule has 0 radical (unpaired) electrons. The molecule has 6 heteroatoms. The maximum absolute atomic E-state index is 12.1. The highest BCUT2D eigenvalue weighted by molar-refractivity contribution is 5.96. The summed E-state index contributed by atoms with van der Waals surface area (Å²) in [5.74, 6) is -1.71. The van der Waals surface area contributed by atoms with Crippen LogP contribution in [0.5, 0.6) is 5.88 Å². The van der Waals surface area contributed by atoms with E-state index in [2.05, 4.69) is 10.3 Å². The Bertz CT molecular complexity index is 509. The number of carbonyl (C=O) groups excluding carboxylic acids is 1. The third-order valence-corrected chi connectivity index (χ3v) is 2.93. The third kappa shape index (κ3) is 5.41. The van der Waals surface area contributed by atoms with Crippen LogP contribution in [-0.2, 0) is 4.79 Å². The van der Waals surface area contributed by atoms with E-state index in [0.717, 1.165) is 0 Å². The summed E-state index contributed by atoms with van der Waals surface area (Å²) in [7, 11) is 1.43. The molecule has 1 aromatic rings. The summed E-state index contributed by atoms with van der Waals surface area (Å²) in [5, 5.41) is 11.9. The van der Waals surface area contributed by atoms with E-state index >= 15 is 0 Å². The number of nitrogens with zero attached hydrogens (tertiary/aromatic N) is 1. The van der Waals surface area contributed by atoms with E-state index in [1.165, 1.54) is 13.3 Å². The fourth-order valence-corrected chi connectivity index (χ4v) is 2.02. The Labute approximate surface area is 124 Å². The number of methoxy groups -OCH3 is 1. The molecule has 116 valence electrons. The zero-order valence-corrected chi connectivity index (χ0v) is 12.8. The van der Waals surface area contributed by atoms with Crippen molar-refractivity contribution in [2.45, 2.75) is 27.2 Å². The first-order chi connectivity index (χ1) is 9.74. The highest BCUT2D eigenvalue weighted by atomic mass is 16.5. The summed E-state index contributed by atoms with van der Waals surface area (Å²) in [5.41, 5.74) is 0.166. The van der Waals surface area contributed by atoms with Crippen molar-refractivity contribution in [3.8, 4) is 5.88 Å². The predicted octanol–water partition coefficient (Wildman–Crippen LogP) is 1.96. The molecule has 21 heavy (non-hydrogen) atoms. The van der Waals surface area contributed by atoms with Crippen molar-refractivity contribution in [1.29, 1.82) is 0 Å². The summed E-state index contributed by atoms with van der Waals surface area (Å²) in [6.45, 7) is 5.97. The van der Waals surface area contributed by atoms with Gasteiger partial charge in [0.15, 0.2) is 0 Å². The molecule has 0 spiro atoms. The van der Waals surface area contributed by atoms with Crippen molar-refractivity contribution in [2.24, 2.45) is 11.3 Å². The number of carbonyl (C=O) groups is 2. The Morgan fingerprint density at radius 2 is 2.10 bits per heavy atom. The number of aliphatic carboxylic acids is 1. The molecule has 1 aromatic heterocycles. The Hall–Kier alpha value is -2.11. The van der Waals surface area contributed by atoms with E-state index in [1.54, 1.807) is 12.1 Å². The van der Waals surface area contributed by atoms with Gasteiger partial charge in [-0.1, -0.05) is 20.8 Å². The van der Waals surface area contributed by atoms with Crippen LogP contribution in [0.25, 0.3) is 0 Å². The van der Waals surface area contributed by atoms with Gasteiger partial charge in [0.1, 0.15) is 5.56 Å². The highest BCUT2D eigenvalue weighted by Gasteiger charge is 2.25. The van der Waals surface area contributed by atoms with Crippen molar-refractivity contribution < 1.29 is 19.4 Å². The fourth-order valence-electron chi connectivity index (χ4n) is 2.02. The predicted molar refractivity (Wildman–Crippen MR) is 78.3 cm³/mol. The molecule has 1 heterocycles. The molecule has 1 atom stereocenters. The van der Waals surface area contributed by atoms with Crippen molar-refractivity contribution in [3.05, 3.63) is 23.9 Å². The van der Waals surface area contributed by atoms with Gasteiger partial charge in [0.05, 0.1) is 13.0 Å². The molecule has 1 amide bonds. The standard InChI is InChI=1S/C15H22N2O4/c1-15(2,3)8-10(14(19)20)9-17-12(18)11-6-5-7-16-13(11)21-4/h5-7,10H,8-9H2,1-4H3,(H,17,18)(H,19,20). The number of ether oxygens (including phenoxy) is 1. The van der Waals surface area contributed by atoms with Gasteiger partial charge in [-0.05, 0) is 24.0 Å². The first-order valence-corrected chi connectivity index (χ1v) is 6.74. The number of nitrogens with one attached hydrogen (secondary N) is 1. The Balaban J connectivity index is 2.72. The second kappa shape index (κ2) is 7.06. The number of aromatic nitrogens is 1. The van der Waals surface area contributed by atoms with Crippen LogP contribution in [0.15, 0.2) is 18.3 Å². The quantitative estimate of drug-likeness (QED) is 0.837. The van der Waals surface area contributed by atoms with Crippen molar-refractivity contribution in [2.75, 3.05) is 13.7 Å².